The van der Waals surface area contributed by atoms with Crippen LogP contribution in [0.5, 0.6) is 0 Å². The summed E-state index contributed by atoms with van der Waals surface area (Å²) in [6, 6.07) is 0.558. The van der Waals surface area contributed by atoms with E-state index in [0.29, 0.717) is 17.4 Å². The Morgan fingerprint density at radius 1 is 1.33 bits per heavy atom. The second-order valence-electron chi connectivity index (χ2n) is 6.62. The topological polar surface area (TPSA) is 29.9 Å². The zero-order valence-electron chi connectivity index (χ0n) is 12.8. The zero-order valence-corrected chi connectivity index (χ0v) is 12.8. The van der Waals surface area contributed by atoms with Gasteiger partial charge in [-0.3, -0.25) is 0 Å². The lowest BCUT2D eigenvalue weighted by atomic mass is 9.78. The van der Waals surface area contributed by atoms with Gasteiger partial charge in [0.1, 0.15) is 5.82 Å². The van der Waals surface area contributed by atoms with Crippen LogP contribution in [0.1, 0.15) is 46.9 Å². The van der Waals surface area contributed by atoms with Crippen molar-refractivity contribution < 1.29 is 0 Å². The lowest BCUT2D eigenvalue weighted by molar-refractivity contribution is 0.213. The quantitative estimate of drug-likeness (QED) is 0.842. The Balaban J connectivity index is 2.54. The molecule has 0 spiro atoms. The number of hydrogen-bond donors (Lipinski definition) is 1. The number of nitrogens with zero attached hydrogens (tertiary/aromatic N) is 2. The van der Waals surface area contributed by atoms with Crippen molar-refractivity contribution in [2.45, 2.75) is 53.5 Å². The Bertz CT molecular complexity index is 347. The molecule has 1 rings (SSSR count). The normalized spacial score (nSPS) is 14.2. The minimum absolute atomic E-state index is 0.340. The van der Waals surface area contributed by atoms with Crippen LogP contribution in [0.15, 0.2) is 12.4 Å². The fraction of sp³-hybridized carbons (Fsp3) is 0.800. The van der Waals surface area contributed by atoms with Crippen molar-refractivity contribution >= 4 is 0 Å². The lowest BCUT2D eigenvalue weighted by Gasteiger charge is -2.31. The summed E-state index contributed by atoms with van der Waals surface area (Å²) in [4.78, 5) is 4.41. The number of imidazole rings is 1. The Morgan fingerprint density at radius 3 is 2.44 bits per heavy atom. The first-order valence-corrected chi connectivity index (χ1v) is 7.00. The average Bonchev–Trinajstić information content (AvgIpc) is 2.61. The van der Waals surface area contributed by atoms with Crippen LogP contribution in [0.3, 0.4) is 0 Å². The molecule has 3 heteroatoms. The summed E-state index contributed by atoms with van der Waals surface area (Å²) < 4.78 is 2.12. The Labute approximate surface area is 112 Å². The maximum Gasteiger partial charge on any atom is 0.108 e. The van der Waals surface area contributed by atoms with E-state index < -0.39 is 0 Å². The molecule has 0 aliphatic heterocycles. The SMILES string of the molecule is CC(C)NCC(CCc1nccn1C)C(C)(C)C. The Kier molecular flexibility index (Phi) is 5.39. The van der Waals surface area contributed by atoms with Gasteiger partial charge in [-0.05, 0) is 24.3 Å². The number of nitrogens with one attached hydrogen (secondary N) is 1. The van der Waals surface area contributed by atoms with Crippen LogP contribution >= 0.6 is 0 Å². The third kappa shape index (κ3) is 4.81. The second kappa shape index (κ2) is 6.37. The van der Waals surface area contributed by atoms with Crippen LogP contribution in [0, 0.1) is 11.3 Å². The van der Waals surface area contributed by atoms with Crippen LogP contribution in [0.2, 0.25) is 0 Å². The highest BCUT2D eigenvalue weighted by atomic mass is 15.0. The Morgan fingerprint density at radius 2 is 2.00 bits per heavy atom. The van der Waals surface area contributed by atoms with Crippen LogP contribution in [0.25, 0.3) is 0 Å². The van der Waals surface area contributed by atoms with E-state index in [0.717, 1.165) is 13.0 Å². The van der Waals surface area contributed by atoms with E-state index in [1.807, 2.05) is 12.4 Å². The van der Waals surface area contributed by atoms with Crippen LogP contribution < -0.4 is 5.32 Å². The van der Waals surface area contributed by atoms with Gasteiger partial charge in [0.25, 0.3) is 0 Å². The van der Waals surface area contributed by atoms with Gasteiger partial charge in [0.2, 0.25) is 0 Å². The lowest BCUT2D eigenvalue weighted by Crippen LogP contribution is -2.35. The maximum atomic E-state index is 4.41. The molecule has 1 aromatic rings. The minimum Gasteiger partial charge on any atom is -0.338 e. The van der Waals surface area contributed by atoms with Crippen LogP contribution in [0.4, 0.5) is 0 Å². The maximum absolute atomic E-state index is 4.41. The van der Waals surface area contributed by atoms with Crippen LogP contribution in [-0.4, -0.2) is 22.1 Å². The molecule has 1 N–H and O–H groups in total. The predicted octanol–water partition coefficient (Wildman–Crippen LogP) is 3.01. The highest BCUT2D eigenvalue weighted by Gasteiger charge is 2.24. The molecule has 1 heterocycles. The standard InChI is InChI=1S/C15H29N3/c1-12(2)17-11-13(15(3,4)5)7-8-14-16-9-10-18(14)6/h9-10,12-13,17H,7-8,11H2,1-6H3. The van der Waals surface area contributed by atoms with Crippen molar-refractivity contribution in [3.8, 4) is 0 Å². The first-order chi connectivity index (χ1) is 8.30. The molecule has 0 amide bonds. The zero-order chi connectivity index (χ0) is 13.8. The molecular weight excluding hydrogens is 222 g/mol. The largest absolute Gasteiger partial charge is 0.338 e. The van der Waals surface area contributed by atoms with Gasteiger partial charge < -0.3 is 9.88 Å². The van der Waals surface area contributed by atoms with Gasteiger partial charge in [-0.1, -0.05) is 34.6 Å². The van der Waals surface area contributed by atoms with Gasteiger partial charge in [-0.2, -0.15) is 0 Å². The molecule has 0 saturated carbocycles. The summed E-state index contributed by atoms with van der Waals surface area (Å²) in [5.74, 6) is 1.87. The molecule has 0 saturated heterocycles. The molecule has 104 valence electrons. The van der Waals surface area contributed by atoms with E-state index >= 15 is 0 Å². The molecular formula is C15H29N3. The van der Waals surface area contributed by atoms with Crippen molar-refractivity contribution in [1.82, 2.24) is 14.9 Å². The summed E-state index contributed by atoms with van der Waals surface area (Å²) in [5.41, 5.74) is 0.340. The molecule has 0 aromatic carbocycles. The van der Waals surface area contributed by atoms with E-state index in [4.69, 9.17) is 0 Å². The molecule has 18 heavy (non-hydrogen) atoms. The van der Waals surface area contributed by atoms with Gasteiger partial charge in [-0.15, -0.1) is 0 Å². The summed E-state index contributed by atoms with van der Waals surface area (Å²) in [6.07, 6.45) is 6.15. The fourth-order valence-corrected chi connectivity index (χ4v) is 2.16. The van der Waals surface area contributed by atoms with Gasteiger partial charge >= 0.3 is 0 Å². The van der Waals surface area contributed by atoms with E-state index in [1.54, 1.807) is 0 Å². The van der Waals surface area contributed by atoms with Crippen LogP contribution in [-0.2, 0) is 13.5 Å². The smallest absolute Gasteiger partial charge is 0.108 e. The molecule has 1 unspecified atom stereocenters. The van der Waals surface area contributed by atoms with Crippen molar-refractivity contribution in [2.24, 2.45) is 18.4 Å². The number of aryl methyl sites for hydroxylation is 2. The van der Waals surface area contributed by atoms with Crippen molar-refractivity contribution in [2.75, 3.05) is 6.54 Å². The van der Waals surface area contributed by atoms with Crippen molar-refractivity contribution in [1.29, 1.82) is 0 Å². The number of rotatable bonds is 6. The molecule has 0 fully saturated rings. The summed E-state index contributed by atoms with van der Waals surface area (Å²) in [5, 5.41) is 3.57. The van der Waals surface area contributed by atoms with Gasteiger partial charge in [0.05, 0.1) is 0 Å². The highest BCUT2D eigenvalue weighted by Crippen LogP contribution is 2.29. The van der Waals surface area contributed by atoms with Gasteiger partial charge in [0.15, 0.2) is 0 Å². The minimum atomic E-state index is 0.340. The predicted molar refractivity (Wildman–Crippen MR) is 77.6 cm³/mol. The van der Waals surface area contributed by atoms with E-state index in [9.17, 15) is 0 Å². The molecule has 3 nitrogen and oxygen atoms in total. The summed E-state index contributed by atoms with van der Waals surface area (Å²) in [6.45, 7) is 12.5. The first kappa shape index (κ1) is 15.2. The fourth-order valence-electron chi connectivity index (χ4n) is 2.16. The van der Waals surface area contributed by atoms with Crippen molar-refractivity contribution in [3.63, 3.8) is 0 Å². The third-order valence-corrected chi connectivity index (χ3v) is 3.63. The molecule has 1 aromatic heterocycles. The van der Waals surface area contributed by atoms with Crippen molar-refractivity contribution in [3.05, 3.63) is 18.2 Å². The monoisotopic (exact) mass is 251 g/mol. The number of hydrogen-bond acceptors (Lipinski definition) is 2. The van der Waals surface area contributed by atoms with E-state index in [1.165, 1.54) is 12.2 Å². The molecule has 0 aliphatic rings. The summed E-state index contributed by atoms with van der Waals surface area (Å²) >= 11 is 0. The summed E-state index contributed by atoms with van der Waals surface area (Å²) in [7, 11) is 2.07. The van der Waals surface area contributed by atoms with E-state index in [2.05, 4.69) is 56.5 Å². The van der Waals surface area contributed by atoms with E-state index in [-0.39, 0.29) is 0 Å². The first-order valence-electron chi connectivity index (χ1n) is 7.00. The Hall–Kier alpha value is -0.830. The molecule has 0 bridgehead atoms. The van der Waals surface area contributed by atoms with Gasteiger partial charge in [0, 0.05) is 31.9 Å². The third-order valence-electron chi connectivity index (χ3n) is 3.63. The van der Waals surface area contributed by atoms with Gasteiger partial charge in [-0.25, -0.2) is 4.98 Å². The number of aromatic nitrogens is 2. The molecule has 0 radical (unpaired) electrons. The molecule has 0 aliphatic carbocycles. The average molecular weight is 251 g/mol. The molecule has 1 atom stereocenters. The highest BCUT2D eigenvalue weighted by molar-refractivity contribution is 4.92. The second-order valence-corrected chi connectivity index (χ2v) is 6.62.